The van der Waals surface area contributed by atoms with E-state index in [0.717, 1.165) is 6.29 Å². The highest BCUT2D eigenvalue weighted by Gasteiger charge is 2.33. The SMILES string of the molecule is CC(C)c1ccc(C2NNC(C)C2C=O)cc1. The molecule has 0 radical (unpaired) electrons. The molecule has 3 nitrogen and oxygen atoms in total. The van der Waals surface area contributed by atoms with Crippen LogP contribution in [0.5, 0.6) is 0 Å². The van der Waals surface area contributed by atoms with Gasteiger partial charge in [0, 0.05) is 6.04 Å². The van der Waals surface area contributed by atoms with Crippen molar-refractivity contribution in [3.8, 4) is 0 Å². The van der Waals surface area contributed by atoms with Crippen LogP contribution in [0, 0.1) is 5.92 Å². The average Bonchev–Trinajstić information content (AvgIpc) is 2.70. The van der Waals surface area contributed by atoms with Crippen LogP contribution in [-0.2, 0) is 4.79 Å². The Labute approximate surface area is 103 Å². The molecule has 1 aromatic rings. The second-order valence-corrected chi connectivity index (χ2v) is 5.09. The number of carbonyl (C=O) groups is 1. The van der Waals surface area contributed by atoms with E-state index in [1.165, 1.54) is 11.1 Å². The molecule has 0 saturated carbocycles. The van der Waals surface area contributed by atoms with Crippen molar-refractivity contribution >= 4 is 6.29 Å². The van der Waals surface area contributed by atoms with E-state index in [2.05, 4.69) is 49.0 Å². The van der Waals surface area contributed by atoms with E-state index in [1.807, 2.05) is 6.92 Å². The average molecular weight is 232 g/mol. The minimum atomic E-state index is -0.0000926. The van der Waals surface area contributed by atoms with Crippen LogP contribution in [0.2, 0.25) is 0 Å². The second-order valence-electron chi connectivity index (χ2n) is 5.09. The van der Waals surface area contributed by atoms with E-state index in [0.29, 0.717) is 5.92 Å². The zero-order valence-corrected chi connectivity index (χ0v) is 10.6. The van der Waals surface area contributed by atoms with Gasteiger partial charge in [-0.05, 0) is 24.0 Å². The third kappa shape index (κ3) is 2.40. The lowest BCUT2D eigenvalue weighted by Crippen LogP contribution is -2.29. The first-order valence-electron chi connectivity index (χ1n) is 6.19. The Morgan fingerprint density at radius 1 is 1.18 bits per heavy atom. The first-order chi connectivity index (χ1) is 8.13. The predicted octanol–water partition coefficient (Wildman–Crippen LogP) is 2.16. The third-order valence-electron chi connectivity index (χ3n) is 3.55. The third-order valence-corrected chi connectivity index (χ3v) is 3.55. The van der Waals surface area contributed by atoms with Crippen LogP contribution >= 0.6 is 0 Å². The van der Waals surface area contributed by atoms with Gasteiger partial charge in [0.2, 0.25) is 0 Å². The molecule has 3 atom stereocenters. The Hall–Kier alpha value is -1.19. The van der Waals surface area contributed by atoms with Crippen LogP contribution in [0.25, 0.3) is 0 Å². The molecule has 1 fully saturated rings. The van der Waals surface area contributed by atoms with Crippen molar-refractivity contribution in [3.05, 3.63) is 35.4 Å². The molecule has 1 heterocycles. The summed E-state index contributed by atoms with van der Waals surface area (Å²) in [5, 5.41) is 0. The van der Waals surface area contributed by atoms with Gasteiger partial charge in [-0.2, -0.15) is 0 Å². The molecule has 0 aromatic heterocycles. The Morgan fingerprint density at radius 3 is 2.35 bits per heavy atom. The molecule has 0 bridgehead atoms. The molecule has 0 aliphatic carbocycles. The van der Waals surface area contributed by atoms with Gasteiger partial charge in [-0.1, -0.05) is 38.1 Å². The number of benzene rings is 1. The van der Waals surface area contributed by atoms with Gasteiger partial charge in [0.1, 0.15) is 6.29 Å². The summed E-state index contributed by atoms with van der Waals surface area (Å²) in [5.41, 5.74) is 8.82. The highest BCUT2D eigenvalue weighted by molar-refractivity contribution is 5.58. The van der Waals surface area contributed by atoms with Crippen LogP contribution in [0.4, 0.5) is 0 Å². The van der Waals surface area contributed by atoms with Gasteiger partial charge in [-0.3, -0.25) is 5.43 Å². The molecule has 92 valence electrons. The Morgan fingerprint density at radius 2 is 1.82 bits per heavy atom. The molecule has 3 heteroatoms. The largest absolute Gasteiger partial charge is 0.303 e. The van der Waals surface area contributed by atoms with Crippen molar-refractivity contribution in [1.82, 2.24) is 10.9 Å². The maximum Gasteiger partial charge on any atom is 0.126 e. The second kappa shape index (κ2) is 4.98. The van der Waals surface area contributed by atoms with Gasteiger partial charge < -0.3 is 4.79 Å². The van der Waals surface area contributed by atoms with Crippen LogP contribution in [0.1, 0.15) is 43.9 Å². The summed E-state index contributed by atoms with van der Waals surface area (Å²) < 4.78 is 0. The normalized spacial score (nSPS) is 28.6. The number of rotatable bonds is 3. The fourth-order valence-corrected chi connectivity index (χ4v) is 2.29. The first kappa shape index (κ1) is 12.3. The quantitative estimate of drug-likeness (QED) is 0.785. The van der Waals surface area contributed by atoms with Gasteiger partial charge in [-0.25, -0.2) is 5.43 Å². The number of nitrogens with one attached hydrogen (secondary N) is 2. The molecule has 17 heavy (non-hydrogen) atoms. The molecule has 3 unspecified atom stereocenters. The maximum absolute atomic E-state index is 11.1. The lowest BCUT2D eigenvalue weighted by atomic mass is 9.90. The number of hydrogen-bond donors (Lipinski definition) is 2. The van der Waals surface area contributed by atoms with Crippen molar-refractivity contribution in [2.45, 2.75) is 38.8 Å². The lowest BCUT2D eigenvalue weighted by molar-refractivity contribution is -0.111. The molecule has 2 rings (SSSR count). The molecule has 1 aliphatic heterocycles. The number of carbonyl (C=O) groups excluding carboxylic acids is 1. The fraction of sp³-hybridized carbons (Fsp3) is 0.500. The fourth-order valence-electron chi connectivity index (χ4n) is 2.29. The molecule has 1 aromatic carbocycles. The highest BCUT2D eigenvalue weighted by Crippen LogP contribution is 2.28. The topological polar surface area (TPSA) is 41.1 Å². The zero-order chi connectivity index (χ0) is 12.4. The number of hydrazine groups is 1. The van der Waals surface area contributed by atoms with Gasteiger partial charge >= 0.3 is 0 Å². The standard InChI is InChI=1S/C14H20N2O/c1-9(2)11-4-6-12(7-5-11)14-13(8-17)10(3)15-16-14/h4-10,13-16H,1-3H3. The minimum absolute atomic E-state index is 0.0000926. The predicted molar refractivity (Wildman–Crippen MR) is 68.6 cm³/mol. The molecular weight excluding hydrogens is 212 g/mol. The first-order valence-corrected chi connectivity index (χ1v) is 6.19. The molecule has 0 spiro atoms. The number of hydrogen-bond acceptors (Lipinski definition) is 3. The van der Waals surface area contributed by atoms with Crippen LogP contribution in [-0.4, -0.2) is 12.3 Å². The van der Waals surface area contributed by atoms with E-state index < -0.39 is 0 Å². The smallest absolute Gasteiger partial charge is 0.126 e. The van der Waals surface area contributed by atoms with Gasteiger partial charge in [0.25, 0.3) is 0 Å². The van der Waals surface area contributed by atoms with E-state index >= 15 is 0 Å². The highest BCUT2D eigenvalue weighted by atomic mass is 16.1. The summed E-state index contributed by atoms with van der Waals surface area (Å²) in [5.74, 6) is 0.541. The van der Waals surface area contributed by atoms with Crippen molar-refractivity contribution in [1.29, 1.82) is 0 Å². The summed E-state index contributed by atoms with van der Waals surface area (Å²) in [6.45, 7) is 6.38. The van der Waals surface area contributed by atoms with Crippen LogP contribution in [0.3, 0.4) is 0 Å². The minimum Gasteiger partial charge on any atom is -0.303 e. The summed E-state index contributed by atoms with van der Waals surface area (Å²) in [6, 6.07) is 8.79. The summed E-state index contributed by atoms with van der Waals surface area (Å²) >= 11 is 0. The van der Waals surface area contributed by atoms with E-state index in [-0.39, 0.29) is 18.0 Å². The summed E-state index contributed by atoms with van der Waals surface area (Å²) in [7, 11) is 0. The monoisotopic (exact) mass is 232 g/mol. The molecule has 1 saturated heterocycles. The Balaban J connectivity index is 2.20. The molecular formula is C14H20N2O. The van der Waals surface area contributed by atoms with Crippen LogP contribution < -0.4 is 10.9 Å². The molecule has 1 aliphatic rings. The zero-order valence-electron chi connectivity index (χ0n) is 10.6. The lowest BCUT2D eigenvalue weighted by Gasteiger charge is -2.16. The van der Waals surface area contributed by atoms with Crippen molar-refractivity contribution in [3.63, 3.8) is 0 Å². The van der Waals surface area contributed by atoms with E-state index in [9.17, 15) is 4.79 Å². The number of aldehydes is 1. The molecule has 2 N–H and O–H groups in total. The van der Waals surface area contributed by atoms with Gasteiger partial charge in [0.05, 0.1) is 12.0 Å². The van der Waals surface area contributed by atoms with Gasteiger partial charge in [0.15, 0.2) is 0 Å². The van der Waals surface area contributed by atoms with Gasteiger partial charge in [-0.15, -0.1) is 0 Å². The Bertz CT molecular complexity index is 386. The van der Waals surface area contributed by atoms with E-state index in [4.69, 9.17) is 0 Å². The van der Waals surface area contributed by atoms with Crippen LogP contribution in [0.15, 0.2) is 24.3 Å². The maximum atomic E-state index is 11.1. The van der Waals surface area contributed by atoms with Crippen molar-refractivity contribution in [2.24, 2.45) is 5.92 Å². The Kier molecular flexibility index (Phi) is 3.60. The van der Waals surface area contributed by atoms with E-state index in [1.54, 1.807) is 0 Å². The van der Waals surface area contributed by atoms with Crippen molar-refractivity contribution < 1.29 is 4.79 Å². The molecule has 0 amide bonds. The van der Waals surface area contributed by atoms with Crippen molar-refractivity contribution in [2.75, 3.05) is 0 Å². The summed E-state index contributed by atoms with van der Waals surface area (Å²) in [4.78, 5) is 11.1. The summed E-state index contributed by atoms with van der Waals surface area (Å²) in [6.07, 6.45) is 1.04.